The van der Waals surface area contributed by atoms with E-state index in [4.69, 9.17) is 56.2 Å². The molecule has 0 aromatic carbocycles. The van der Waals surface area contributed by atoms with Gasteiger partial charge in [-0.05, 0) is 0 Å². The normalized spacial score (nSPS) is 5.33. The quantitative estimate of drug-likeness (QED) is 0.223. The van der Waals surface area contributed by atoms with Crippen molar-refractivity contribution in [1.29, 1.82) is 0 Å². The molecule has 0 aromatic rings. The van der Waals surface area contributed by atoms with Crippen LogP contribution in [0.4, 0.5) is 0 Å². The van der Waals surface area contributed by atoms with E-state index in [-0.39, 0.29) is 62.3 Å². The Morgan fingerprint density at radius 1 is 0.444 bits per heavy atom. The first-order valence-electron chi connectivity index (χ1n) is 2.45. The van der Waals surface area contributed by atoms with E-state index in [2.05, 4.69) is 0 Å². The average molecular weight is 643 g/mol. The minimum absolute atomic E-state index is 0. The van der Waals surface area contributed by atoms with Gasteiger partial charge in [0.2, 0.25) is 0 Å². The zero-order chi connectivity index (χ0) is 14.3. The van der Waals surface area contributed by atoms with Crippen LogP contribution >= 0.6 is 0 Å². The van der Waals surface area contributed by atoms with Gasteiger partial charge in [-0.3, -0.25) is 0 Å². The summed E-state index contributed by atoms with van der Waals surface area (Å²) in [4.78, 5) is 68.1. The van der Waals surface area contributed by atoms with Crippen molar-refractivity contribution in [1.82, 2.24) is 0 Å². The second-order valence-corrected chi connectivity index (χ2v) is 3.00. The van der Waals surface area contributed by atoms with Crippen LogP contribution in [0.5, 0.6) is 0 Å². The van der Waals surface area contributed by atoms with Gasteiger partial charge >= 0.3 is 62.3 Å². The van der Waals surface area contributed by atoms with E-state index in [9.17, 15) is 0 Å². The van der Waals surface area contributed by atoms with Gasteiger partial charge in [0, 0.05) is 36.7 Å². The van der Waals surface area contributed by atoms with Crippen LogP contribution in [0.2, 0.25) is 0 Å². The molecule has 0 aliphatic carbocycles. The van der Waals surface area contributed by atoms with E-state index >= 15 is 0 Å². The van der Waals surface area contributed by atoms with Gasteiger partial charge in [0.15, 0.2) is 0 Å². The Morgan fingerprint density at radius 2 is 0.444 bits per heavy atom. The average Bonchev–Trinajstić information content (AvgIpc) is 1.76. The zero-order valence-corrected chi connectivity index (χ0v) is 17.2. The predicted octanol–water partition coefficient (Wildman–Crippen LogP) is -11.5. The smallest absolute Gasteiger partial charge is 0.672 e. The van der Waals surface area contributed by atoms with E-state index in [0.717, 1.165) is 0 Å². The fourth-order valence-corrected chi connectivity index (χ4v) is 0. The van der Waals surface area contributed by atoms with Gasteiger partial charge in [-0.1, -0.05) is 0 Å². The molecule has 0 aliphatic heterocycles. The van der Waals surface area contributed by atoms with Gasteiger partial charge in [-0.25, -0.2) is 0 Å². The second kappa shape index (κ2) is 30.5. The summed E-state index contributed by atoms with van der Waals surface area (Å²) < 4.78 is 34.1. The zero-order valence-electron chi connectivity index (χ0n) is 7.70. The largest absolute Gasteiger partial charge is 5.00 e. The van der Waals surface area contributed by atoms with Crippen LogP contribution in [-0.2, 0) is 40.2 Å². The van der Waals surface area contributed by atoms with Crippen LogP contribution in [0.25, 0.3) is 0 Å². The molecule has 0 saturated carbocycles. The fourth-order valence-electron chi connectivity index (χ4n) is 0. The number of rotatable bonds is 0. The molecule has 1 radical (unpaired) electrons. The van der Waals surface area contributed by atoms with Crippen molar-refractivity contribution in [3.05, 3.63) is 0 Å². The first kappa shape index (κ1) is 36.3. The molecular weight excluding hydrogens is 643 g/mol. The molecule has 0 fully saturated rings. The van der Waals surface area contributed by atoms with E-state index in [0.29, 0.717) is 0 Å². The molecule has 0 unspecified atom stereocenters. The van der Waals surface area contributed by atoms with Crippen molar-refractivity contribution in [3.63, 3.8) is 0 Å². The van der Waals surface area contributed by atoms with Gasteiger partial charge in [-0.2, -0.15) is 0 Å². The van der Waals surface area contributed by atoms with Gasteiger partial charge < -0.3 is 56.2 Å². The Hall–Kier alpha value is 0.532. The van der Waals surface area contributed by atoms with Crippen LogP contribution in [-0.4, -0.2) is 36.7 Å². The number of hydrogen-bond donors (Lipinski definition) is 0. The minimum atomic E-state index is -3.63. The van der Waals surface area contributed by atoms with Crippen LogP contribution in [0.1, 0.15) is 0 Å². The van der Waals surface area contributed by atoms with Gasteiger partial charge in [-0.15, -0.1) is 0 Å². The summed E-state index contributed by atoms with van der Waals surface area (Å²) in [7, 11) is -14.5. The molecule has 12 nitrogen and oxygen atoms in total. The molecule has 0 heterocycles. The molecule has 18 heavy (non-hydrogen) atoms. The third-order valence-corrected chi connectivity index (χ3v) is 0. The third-order valence-electron chi connectivity index (χ3n) is 0. The van der Waals surface area contributed by atoms with Crippen molar-refractivity contribution in [2.24, 2.45) is 0 Å². The molecule has 0 amide bonds. The molecular formula is GdO12Si4Ta. The van der Waals surface area contributed by atoms with Gasteiger partial charge in [0.1, 0.15) is 0 Å². The molecule has 0 aromatic heterocycles. The van der Waals surface area contributed by atoms with Crippen molar-refractivity contribution in [3.8, 4) is 0 Å². The molecule has 101 valence electrons. The monoisotopic (exact) mass is 643 g/mol. The molecule has 0 rings (SSSR count). The maximum absolute atomic E-state index is 8.52. The Bertz CT molecular complexity index is 164. The van der Waals surface area contributed by atoms with Crippen molar-refractivity contribution < 1.29 is 119 Å². The molecule has 0 N–H and O–H groups in total. The summed E-state index contributed by atoms with van der Waals surface area (Å²) in [6.07, 6.45) is 0. The number of hydrogen-bond acceptors (Lipinski definition) is 12. The summed E-state index contributed by atoms with van der Waals surface area (Å²) in [5.41, 5.74) is 0. The fraction of sp³-hybridized carbons (Fsp3) is 0. The van der Waals surface area contributed by atoms with E-state index in [1.807, 2.05) is 0 Å². The molecule has 0 spiro atoms. The van der Waals surface area contributed by atoms with Crippen molar-refractivity contribution in [2.75, 3.05) is 0 Å². The van der Waals surface area contributed by atoms with Crippen LogP contribution in [0.3, 0.4) is 0 Å². The molecule has 18 heteroatoms. The predicted molar refractivity (Wildman–Crippen MR) is 25.8 cm³/mol. The van der Waals surface area contributed by atoms with Gasteiger partial charge in [0.25, 0.3) is 0 Å². The Balaban J connectivity index is -0.0000000257. The maximum Gasteiger partial charge on any atom is 5.00 e. The van der Waals surface area contributed by atoms with Crippen LogP contribution in [0.15, 0.2) is 0 Å². The SMILES string of the molecule is O=[Si]([O-])[O-].O=[Si]([O-])[O-].O=[Si]([O-])[O-].O=[Si]([O-])[O-].[Gd+3].[Ta+5]. The Kier molecular flexibility index (Phi) is 61.5. The second-order valence-electron chi connectivity index (χ2n) is 1.00. The first-order chi connectivity index (χ1) is 6.93. The summed E-state index contributed by atoms with van der Waals surface area (Å²) in [5.74, 6) is 0. The maximum atomic E-state index is 8.52. The summed E-state index contributed by atoms with van der Waals surface area (Å²) in [5, 5.41) is 0. The van der Waals surface area contributed by atoms with E-state index in [1.165, 1.54) is 0 Å². The van der Waals surface area contributed by atoms with Crippen LogP contribution in [0, 0.1) is 39.9 Å². The minimum Gasteiger partial charge on any atom is -0.672 e. The Morgan fingerprint density at radius 3 is 0.444 bits per heavy atom. The summed E-state index contributed by atoms with van der Waals surface area (Å²) >= 11 is 0. The van der Waals surface area contributed by atoms with Crippen molar-refractivity contribution >= 4 is 36.7 Å². The molecule has 0 bridgehead atoms. The van der Waals surface area contributed by atoms with Crippen molar-refractivity contribution in [2.45, 2.75) is 0 Å². The standard InChI is InChI=1S/Gd.4O3Si.Ta/c;4*1-4(2)3;/q+3;4*-2;+5. The van der Waals surface area contributed by atoms with E-state index < -0.39 is 36.7 Å². The first-order valence-corrected chi connectivity index (χ1v) is 7.35. The summed E-state index contributed by atoms with van der Waals surface area (Å²) in [6, 6.07) is 0. The molecule has 0 saturated heterocycles. The third kappa shape index (κ3) is 14100. The van der Waals surface area contributed by atoms with Crippen LogP contribution < -0.4 is 38.4 Å². The Labute approximate surface area is 153 Å². The van der Waals surface area contributed by atoms with Gasteiger partial charge in [0.05, 0.1) is 0 Å². The summed E-state index contributed by atoms with van der Waals surface area (Å²) in [6.45, 7) is 0. The molecule has 0 atom stereocenters. The molecule has 0 aliphatic rings. The van der Waals surface area contributed by atoms with E-state index in [1.54, 1.807) is 0 Å². The topological polar surface area (TPSA) is 253 Å².